The van der Waals surface area contributed by atoms with E-state index in [9.17, 15) is 9.90 Å². The Balaban J connectivity index is 1.49. The van der Waals surface area contributed by atoms with Gasteiger partial charge in [-0.15, -0.1) is 0 Å². The highest BCUT2D eigenvalue weighted by Gasteiger charge is 2.34. The monoisotopic (exact) mass is 518 g/mol. The maximum atomic E-state index is 11.3. The molecule has 1 atom stereocenters. The number of carboxylic acid groups (broad SMARTS) is 1. The molecule has 1 N–H and O–H groups in total. The van der Waals surface area contributed by atoms with Crippen LogP contribution in [-0.2, 0) is 11.4 Å². The van der Waals surface area contributed by atoms with Crippen molar-refractivity contribution in [2.24, 2.45) is 11.3 Å². The maximum Gasteiger partial charge on any atom is 0.303 e. The third-order valence-electron chi connectivity index (χ3n) is 6.14. The van der Waals surface area contributed by atoms with Crippen molar-refractivity contribution in [1.29, 1.82) is 0 Å². The first-order valence-corrected chi connectivity index (χ1v) is 11.6. The molecule has 0 amide bonds. The number of halogens is 1. The Morgan fingerprint density at radius 3 is 2.83 bits per heavy atom. The summed E-state index contributed by atoms with van der Waals surface area (Å²) in [5.41, 5.74) is 4.19. The molecule has 2 aromatic rings. The van der Waals surface area contributed by atoms with Crippen LogP contribution in [0, 0.1) is 15.0 Å². The van der Waals surface area contributed by atoms with Crippen molar-refractivity contribution in [2.45, 2.75) is 58.5 Å². The third kappa shape index (κ3) is 4.85. The molecule has 1 fully saturated rings. The molecule has 30 heavy (non-hydrogen) atoms. The number of aliphatic carboxylic acids is 1. The average molecular weight is 518 g/mol. The van der Waals surface area contributed by atoms with Gasteiger partial charge in [0.05, 0.1) is 24.0 Å². The van der Waals surface area contributed by atoms with Gasteiger partial charge in [0, 0.05) is 0 Å². The minimum Gasteiger partial charge on any atom is -0.487 e. The second-order valence-corrected chi connectivity index (χ2v) is 9.97. The highest BCUT2D eigenvalue weighted by molar-refractivity contribution is 14.1. The Kier molecular flexibility index (Phi) is 6.14. The van der Waals surface area contributed by atoms with E-state index in [0.29, 0.717) is 12.5 Å². The minimum absolute atomic E-state index is 0.0623. The summed E-state index contributed by atoms with van der Waals surface area (Å²) < 4.78 is 6.94. The molecule has 2 aliphatic carbocycles. The van der Waals surface area contributed by atoms with Gasteiger partial charge >= 0.3 is 5.97 Å². The molecule has 0 bridgehead atoms. The number of allylic oxidation sites excluding steroid dienone is 2. The predicted octanol–water partition coefficient (Wildman–Crippen LogP) is 5.83. The number of benzene rings is 1. The van der Waals surface area contributed by atoms with Gasteiger partial charge in [0.2, 0.25) is 0 Å². The fraction of sp³-hybridized carbons (Fsp3) is 0.458. The highest BCUT2D eigenvalue weighted by atomic mass is 127. The van der Waals surface area contributed by atoms with Crippen LogP contribution in [0.25, 0.3) is 5.57 Å². The van der Waals surface area contributed by atoms with Gasteiger partial charge < -0.3 is 9.84 Å². The van der Waals surface area contributed by atoms with Gasteiger partial charge in [0.1, 0.15) is 16.1 Å². The van der Waals surface area contributed by atoms with Crippen LogP contribution in [-0.4, -0.2) is 21.0 Å². The summed E-state index contributed by atoms with van der Waals surface area (Å²) in [6.07, 6.45) is 8.64. The van der Waals surface area contributed by atoms with E-state index in [1.54, 1.807) is 6.20 Å². The SMILES string of the molecule is CC1(C)CCC=C1c1nc(COc2cccc(C(CC(=O)O)C3CC3)c2)cnc1I. The van der Waals surface area contributed by atoms with Gasteiger partial charge in [-0.2, -0.15) is 0 Å². The number of aromatic nitrogens is 2. The van der Waals surface area contributed by atoms with Crippen LogP contribution in [0.5, 0.6) is 5.75 Å². The van der Waals surface area contributed by atoms with Crippen LogP contribution in [0.4, 0.5) is 0 Å². The van der Waals surface area contributed by atoms with Crippen molar-refractivity contribution in [2.75, 3.05) is 0 Å². The molecule has 1 aromatic heterocycles. The summed E-state index contributed by atoms with van der Waals surface area (Å²) in [6, 6.07) is 7.85. The second-order valence-electron chi connectivity index (χ2n) is 8.94. The highest BCUT2D eigenvalue weighted by Crippen LogP contribution is 2.45. The summed E-state index contributed by atoms with van der Waals surface area (Å²) in [7, 11) is 0. The molecule has 0 spiro atoms. The summed E-state index contributed by atoms with van der Waals surface area (Å²) in [5.74, 6) is 0.534. The Morgan fingerprint density at radius 1 is 1.37 bits per heavy atom. The normalized spacial score (nSPS) is 18.7. The first kappa shape index (κ1) is 21.3. The van der Waals surface area contributed by atoms with Crippen molar-refractivity contribution in [3.05, 3.63) is 57.2 Å². The molecule has 0 aliphatic heterocycles. The summed E-state index contributed by atoms with van der Waals surface area (Å²) in [5, 5.41) is 9.27. The van der Waals surface area contributed by atoms with Gasteiger partial charge in [-0.25, -0.2) is 9.97 Å². The molecule has 2 aliphatic rings. The van der Waals surface area contributed by atoms with E-state index >= 15 is 0 Å². The molecular formula is C24H27IN2O3. The van der Waals surface area contributed by atoms with Gasteiger partial charge in [0.15, 0.2) is 0 Å². The van der Waals surface area contributed by atoms with Crippen molar-refractivity contribution >= 4 is 34.1 Å². The molecule has 158 valence electrons. The topological polar surface area (TPSA) is 72.3 Å². The average Bonchev–Trinajstić information content (AvgIpc) is 3.48. The van der Waals surface area contributed by atoms with Crippen molar-refractivity contribution in [3.63, 3.8) is 0 Å². The molecule has 4 rings (SSSR count). The summed E-state index contributed by atoms with van der Waals surface area (Å²) >= 11 is 2.25. The van der Waals surface area contributed by atoms with Crippen LogP contribution in [0.3, 0.4) is 0 Å². The molecule has 1 saturated carbocycles. The van der Waals surface area contributed by atoms with Crippen LogP contribution in [0.1, 0.15) is 68.8 Å². The van der Waals surface area contributed by atoms with Crippen molar-refractivity contribution in [3.8, 4) is 5.75 Å². The number of rotatable bonds is 8. The van der Waals surface area contributed by atoms with Gasteiger partial charge in [-0.05, 0) is 88.8 Å². The van der Waals surface area contributed by atoms with E-state index in [1.165, 1.54) is 5.57 Å². The molecule has 5 nitrogen and oxygen atoms in total. The standard InChI is InChI=1S/C24H27IN2O3/c1-24(2)10-4-7-20(24)22-23(25)26-13-17(27-22)14-30-18-6-3-5-16(11-18)19(12-21(28)29)15-8-9-15/h3,5-7,11,13,15,19H,4,8-10,12,14H2,1-2H3,(H,28,29). The van der Waals surface area contributed by atoms with Gasteiger partial charge in [-0.1, -0.05) is 32.1 Å². The lowest BCUT2D eigenvalue weighted by Crippen LogP contribution is -2.13. The van der Waals surface area contributed by atoms with Crippen LogP contribution >= 0.6 is 22.6 Å². The number of ether oxygens (including phenoxy) is 1. The fourth-order valence-corrected chi connectivity index (χ4v) is 4.84. The Bertz CT molecular complexity index is 982. The molecule has 1 heterocycles. The van der Waals surface area contributed by atoms with Crippen LogP contribution in [0.2, 0.25) is 0 Å². The molecular weight excluding hydrogens is 491 g/mol. The molecule has 0 saturated heterocycles. The fourth-order valence-electron chi connectivity index (χ4n) is 4.29. The van der Waals surface area contributed by atoms with E-state index in [0.717, 1.165) is 52.1 Å². The predicted molar refractivity (Wildman–Crippen MR) is 124 cm³/mol. The van der Waals surface area contributed by atoms with Crippen molar-refractivity contribution < 1.29 is 14.6 Å². The first-order valence-electron chi connectivity index (χ1n) is 10.5. The Morgan fingerprint density at radius 2 is 2.17 bits per heavy atom. The van der Waals surface area contributed by atoms with E-state index < -0.39 is 5.97 Å². The van der Waals surface area contributed by atoms with E-state index in [4.69, 9.17) is 9.72 Å². The number of hydrogen-bond acceptors (Lipinski definition) is 4. The zero-order valence-electron chi connectivity index (χ0n) is 17.4. The largest absolute Gasteiger partial charge is 0.487 e. The lowest BCUT2D eigenvalue weighted by atomic mass is 9.84. The molecule has 6 heteroatoms. The van der Waals surface area contributed by atoms with Crippen LogP contribution in [0.15, 0.2) is 36.5 Å². The molecule has 1 aromatic carbocycles. The number of carbonyl (C=O) groups is 1. The first-order chi connectivity index (χ1) is 14.3. The van der Waals surface area contributed by atoms with Crippen LogP contribution < -0.4 is 4.74 Å². The number of hydrogen-bond donors (Lipinski definition) is 1. The molecule has 1 unspecified atom stereocenters. The number of carboxylic acids is 1. The van der Waals surface area contributed by atoms with E-state index in [1.807, 2.05) is 24.3 Å². The lowest BCUT2D eigenvalue weighted by molar-refractivity contribution is -0.137. The zero-order valence-corrected chi connectivity index (χ0v) is 19.6. The minimum atomic E-state index is -0.746. The Labute approximate surface area is 191 Å². The third-order valence-corrected chi connectivity index (χ3v) is 6.93. The summed E-state index contributed by atoms with van der Waals surface area (Å²) in [6.45, 7) is 4.85. The van der Waals surface area contributed by atoms with Gasteiger partial charge in [0.25, 0.3) is 0 Å². The van der Waals surface area contributed by atoms with Gasteiger partial charge in [-0.3, -0.25) is 4.79 Å². The van der Waals surface area contributed by atoms with E-state index in [2.05, 4.69) is 47.5 Å². The van der Waals surface area contributed by atoms with Crippen molar-refractivity contribution in [1.82, 2.24) is 9.97 Å². The summed E-state index contributed by atoms with van der Waals surface area (Å²) in [4.78, 5) is 20.7. The maximum absolute atomic E-state index is 11.3. The number of nitrogens with zero attached hydrogens (tertiary/aromatic N) is 2. The quantitative estimate of drug-likeness (QED) is 0.445. The molecule has 0 radical (unpaired) electrons. The Hall–Kier alpha value is -1.96. The zero-order chi connectivity index (χ0) is 21.3. The lowest BCUT2D eigenvalue weighted by Gasteiger charge is -2.22. The van der Waals surface area contributed by atoms with E-state index in [-0.39, 0.29) is 17.8 Å². The second kappa shape index (κ2) is 8.65. The smallest absolute Gasteiger partial charge is 0.303 e.